The molecule has 22 heavy (non-hydrogen) atoms. The molecule has 0 bridgehead atoms. The highest BCUT2D eigenvalue weighted by molar-refractivity contribution is 5.75. The fourth-order valence-corrected chi connectivity index (χ4v) is 4.52. The Morgan fingerprint density at radius 3 is 2.45 bits per heavy atom. The van der Waals surface area contributed by atoms with E-state index in [9.17, 15) is 4.79 Å². The second-order valence-corrected chi connectivity index (χ2v) is 8.05. The second kappa shape index (κ2) is 7.78. The third kappa shape index (κ3) is 5.24. The predicted molar refractivity (Wildman–Crippen MR) is 89.4 cm³/mol. The second-order valence-electron chi connectivity index (χ2n) is 8.05. The first-order valence-corrected chi connectivity index (χ1v) is 9.43. The van der Waals surface area contributed by atoms with Crippen molar-refractivity contribution in [1.82, 2.24) is 10.2 Å². The molecule has 1 heterocycles. The molecule has 2 atom stereocenters. The first-order valence-electron chi connectivity index (χ1n) is 9.43. The minimum atomic E-state index is -0.182. The summed E-state index contributed by atoms with van der Waals surface area (Å²) in [5, 5.41) is 3.82. The van der Waals surface area contributed by atoms with E-state index in [-0.39, 0.29) is 5.91 Å². The van der Waals surface area contributed by atoms with E-state index in [1.54, 1.807) is 0 Å². The normalized spacial score (nSPS) is 31.3. The van der Waals surface area contributed by atoms with E-state index in [4.69, 9.17) is 5.73 Å². The van der Waals surface area contributed by atoms with Crippen LogP contribution in [0.4, 0.5) is 0 Å². The van der Waals surface area contributed by atoms with Crippen LogP contribution in [0.5, 0.6) is 0 Å². The Hall–Kier alpha value is -0.610. The van der Waals surface area contributed by atoms with E-state index in [0.29, 0.717) is 12.6 Å². The molecule has 0 aromatic heterocycles. The summed E-state index contributed by atoms with van der Waals surface area (Å²) in [5.41, 5.74) is 5.42. The molecule has 2 aliphatic carbocycles. The molecular formula is C18H33N3O. The molecular weight excluding hydrogens is 274 g/mol. The summed E-state index contributed by atoms with van der Waals surface area (Å²) < 4.78 is 0. The van der Waals surface area contributed by atoms with Gasteiger partial charge in [-0.2, -0.15) is 0 Å². The van der Waals surface area contributed by atoms with Gasteiger partial charge >= 0.3 is 0 Å². The smallest absolute Gasteiger partial charge is 0.231 e. The molecule has 1 aliphatic heterocycles. The fourth-order valence-electron chi connectivity index (χ4n) is 4.52. The van der Waals surface area contributed by atoms with Crippen LogP contribution in [0.25, 0.3) is 0 Å². The van der Waals surface area contributed by atoms with Crippen molar-refractivity contribution in [1.29, 1.82) is 0 Å². The maximum Gasteiger partial charge on any atom is 0.231 e. The van der Waals surface area contributed by atoms with Crippen molar-refractivity contribution in [3.63, 3.8) is 0 Å². The minimum absolute atomic E-state index is 0.182. The summed E-state index contributed by atoms with van der Waals surface area (Å²) in [7, 11) is 0. The van der Waals surface area contributed by atoms with Gasteiger partial charge in [0.15, 0.2) is 0 Å². The lowest BCUT2D eigenvalue weighted by Crippen LogP contribution is -2.52. The first kappa shape index (κ1) is 16.3. The van der Waals surface area contributed by atoms with Gasteiger partial charge < -0.3 is 11.1 Å². The monoisotopic (exact) mass is 307 g/mol. The SMILES string of the molecule is NC(=O)CN1CC(CC2CC2)CC(NCC2CCCCC2)C1. The van der Waals surface area contributed by atoms with Crippen molar-refractivity contribution in [3.05, 3.63) is 0 Å². The number of hydrogen-bond donors (Lipinski definition) is 2. The summed E-state index contributed by atoms with van der Waals surface area (Å²) in [6, 6.07) is 0.554. The Morgan fingerprint density at radius 2 is 1.77 bits per heavy atom. The average Bonchev–Trinajstić information content (AvgIpc) is 3.29. The Labute approximate surface area is 135 Å². The van der Waals surface area contributed by atoms with Crippen LogP contribution in [0.15, 0.2) is 0 Å². The maximum atomic E-state index is 11.3. The van der Waals surface area contributed by atoms with Crippen molar-refractivity contribution >= 4 is 5.91 Å². The highest BCUT2D eigenvalue weighted by Crippen LogP contribution is 2.37. The molecule has 1 amide bonds. The lowest BCUT2D eigenvalue weighted by molar-refractivity contribution is -0.119. The number of nitrogens with zero attached hydrogens (tertiary/aromatic N) is 1. The van der Waals surface area contributed by atoms with Gasteiger partial charge in [-0.25, -0.2) is 0 Å². The molecule has 4 heteroatoms. The number of likely N-dealkylation sites (tertiary alicyclic amines) is 1. The van der Waals surface area contributed by atoms with Gasteiger partial charge in [-0.15, -0.1) is 0 Å². The van der Waals surface area contributed by atoms with Crippen LogP contribution in [-0.2, 0) is 4.79 Å². The standard InChI is InChI=1S/C18H33N3O/c19-18(22)13-21-11-16(8-14-6-7-14)9-17(12-21)20-10-15-4-2-1-3-5-15/h14-17,20H,1-13H2,(H2,19,22). The molecule has 3 N–H and O–H groups in total. The van der Waals surface area contributed by atoms with Gasteiger partial charge in [0.1, 0.15) is 0 Å². The Bertz CT molecular complexity index is 363. The highest BCUT2D eigenvalue weighted by Gasteiger charge is 2.32. The topological polar surface area (TPSA) is 58.4 Å². The molecule has 3 rings (SSSR count). The van der Waals surface area contributed by atoms with Gasteiger partial charge in [-0.05, 0) is 50.0 Å². The summed E-state index contributed by atoms with van der Waals surface area (Å²) in [4.78, 5) is 13.6. The van der Waals surface area contributed by atoms with Gasteiger partial charge in [-0.3, -0.25) is 9.69 Å². The largest absolute Gasteiger partial charge is 0.369 e. The number of hydrogen-bond acceptors (Lipinski definition) is 3. The van der Waals surface area contributed by atoms with Gasteiger partial charge in [0.05, 0.1) is 6.54 Å². The molecule has 1 saturated heterocycles. The summed E-state index contributed by atoms with van der Waals surface area (Å²) in [5.74, 6) is 2.42. The minimum Gasteiger partial charge on any atom is -0.369 e. The number of amides is 1. The van der Waals surface area contributed by atoms with Crippen LogP contribution in [0.1, 0.15) is 57.8 Å². The van der Waals surface area contributed by atoms with E-state index in [2.05, 4.69) is 10.2 Å². The van der Waals surface area contributed by atoms with Gasteiger partial charge in [0.2, 0.25) is 5.91 Å². The molecule has 0 aromatic rings. The number of primary amides is 1. The average molecular weight is 307 g/mol. The van der Waals surface area contributed by atoms with Crippen LogP contribution in [-0.4, -0.2) is 43.0 Å². The van der Waals surface area contributed by atoms with Crippen molar-refractivity contribution in [3.8, 4) is 0 Å². The van der Waals surface area contributed by atoms with E-state index in [1.165, 1.54) is 64.3 Å². The zero-order chi connectivity index (χ0) is 15.4. The lowest BCUT2D eigenvalue weighted by Gasteiger charge is -2.38. The predicted octanol–water partition coefficient (Wildman–Crippen LogP) is 2.13. The maximum absolute atomic E-state index is 11.3. The molecule has 0 radical (unpaired) electrons. The molecule has 4 nitrogen and oxygen atoms in total. The summed E-state index contributed by atoms with van der Waals surface area (Å²) in [6.07, 6.45) is 12.5. The van der Waals surface area contributed by atoms with Crippen molar-refractivity contribution in [2.45, 2.75) is 63.8 Å². The molecule has 3 aliphatic rings. The molecule has 2 unspecified atom stereocenters. The van der Waals surface area contributed by atoms with E-state index < -0.39 is 0 Å². The van der Waals surface area contributed by atoms with Crippen LogP contribution in [0.3, 0.4) is 0 Å². The Balaban J connectivity index is 1.47. The van der Waals surface area contributed by atoms with Crippen molar-refractivity contribution < 1.29 is 4.79 Å². The van der Waals surface area contributed by atoms with E-state index in [1.807, 2.05) is 0 Å². The number of piperidine rings is 1. The Kier molecular flexibility index (Phi) is 5.75. The summed E-state index contributed by atoms with van der Waals surface area (Å²) in [6.45, 7) is 3.67. The van der Waals surface area contributed by atoms with Crippen LogP contribution in [0.2, 0.25) is 0 Å². The number of nitrogens with one attached hydrogen (secondary N) is 1. The number of rotatable bonds is 7. The van der Waals surface area contributed by atoms with Crippen molar-refractivity contribution in [2.75, 3.05) is 26.2 Å². The first-order chi connectivity index (χ1) is 10.7. The summed E-state index contributed by atoms with van der Waals surface area (Å²) >= 11 is 0. The third-order valence-corrected chi connectivity index (χ3v) is 5.78. The quantitative estimate of drug-likeness (QED) is 0.757. The number of carbonyl (C=O) groups is 1. The van der Waals surface area contributed by atoms with Gasteiger partial charge in [0.25, 0.3) is 0 Å². The number of nitrogens with two attached hydrogens (primary N) is 1. The van der Waals surface area contributed by atoms with E-state index in [0.717, 1.165) is 30.8 Å². The van der Waals surface area contributed by atoms with Crippen LogP contribution < -0.4 is 11.1 Å². The molecule has 0 spiro atoms. The molecule has 3 fully saturated rings. The molecule has 2 saturated carbocycles. The number of carbonyl (C=O) groups excluding carboxylic acids is 1. The van der Waals surface area contributed by atoms with Gasteiger partial charge in [0, 0.05) is 19.1 Å². The molecule has 126 valence electrons. The third-order valence-electron chi connectivity index (χ3n) is 5.78. The van der Waals surface area contributed by atoms with Crippen LogP contribution >= 0.6 is 0 Å². The van der Waals surface area contributed by atoms with Crippen LogP contribution in [0, 0.1) is 17.8 Å². The van der Waals surface area contributed by atoms with Crippen molar-refractivity contribution in [2.24, 2.45) is 23.5 Å². The lowest BCUT2D eigenvalue weighted by atomic mass is 9.87. The fraction of sp³-hybridized carbons (Fsp3) is 0.944. The molecule has 0 aromatic carbocycles. The van der Waals surface area contributed by atoms with E-state index >= 15 is 0 Å². The zero-order valence-electron chi connectivity index (χ0n) is 13.9. The highest BCUT2D eigenvalue weighted by atomic mass is 16.1. The Morgan fingerprint density at radius 1 is 1.00 bits per heavy atom. The van der Waals surface area contributed by atoms with Gasteiger partial charge in [-0.1, -0.05) is 32.1 Å². The zero-order valence-corrected chi connectivity index (χ0v) is 13.9.